The maximum Gasteiger partial charge on any atom is 0.143 e. The first-order valence-corrected chi connectivity index (χ1v) is 11.9. The van der Waals surface area contributed by atoms with Crippen LogP contribution in [-0.2, 0) is 9.59 Å². The van der Waals surface area contributed by atoms with Gasteiger partial charge in [0.15, 0.2) is 0 Å². The second kappa shape index (κ2) is 12.1. The van der Waals surface area contributed by atoms with Crippen molar-refractivity contribution in [3.05, 3.63) is 0 Å². The number of carbonyl (C=O) groups excluding carboxylic acids is 2. The van der Waals surface area contributed by atoms with Gasteiger partial charge >= 0.3 is 0 Å². The van der Waals surface area contributed by atoms with Crippen LogP contribution < -0.4 is 0 Å². The van der Waals surface area contributed by atoms with Crippen LogP contribution in [0.5, 0.6) is 0 Å². The van der Waals surface area contributed by atoms with Gasteiger partial charge in [0.05, 0.1) is 5.92 Å². The molecule has 1 heterocycles. The van der Waals surface area contributed by atoms with Crippen molar-refractivity contribution >= 4 is 11.6 Å². The van der Waals surface area contributed by atoms with Crippen molar-refractivity contribution in [1.82, 2.24) is 9.80 Å². The fourth-order valence-corrected chi connectivity index (χ4v) is 5.15. The van der Waals surface area contributed by atoms with Crippen molar-refractivity contribution in [2.24, 2.45) is 11.3 Å². The SMILES string of the molecule is CCCCCCCCCCC1C(=O)CC2(CCN(CCCN(C)C)C2)CC1=O. The molecule has 162 valence electrons. The van der Waals surface area contributed by atoms with E-state index in [1.807, 2.05) is 0 Å². The minimum Gasteiger partial charge on any atom is -0.309 e. The highest BCUT2D eigenvalue weighted by molar-refractivity contribution is 6.05. The summed E-state index contributed by atoms with van der Waals surface area (Å²) < 4.78 is 0. The third-order valence-corrected chi connectivity index (χ3v) is 6.82. The molecule has 4 nitrogen and oxygen atoms in total. The molecule has 1 spiro atoms. The average molecular weight is 393 g/mol. The van der Waals surface area contributed by atoms with E-state index < -0.39 is 0 Å². The number of carbonyl (C=O) groups is 2. The molecule has 2 aliphatic rings. The third-order valence-electron chi connectivity index (χ3n) is 6.82. The van der Waals surface area contributed by atoms with Crippen LogP contribution in [0, 0.1) is 11.3 Å². The van der Waals surface area contributed by atoms with E-state index >= 15 is 0 Å². The maximum absolute atomic E-state index is 12.8. The summed E-state index contributed by atoms with van der Waals surface area (Å²) in [7, 11) is 4.22. The lowest BCUT2D eigenvalue weighted by atomic mass is 9.67. The smallest absolute Gasteiger partial charge is 0.143 e. The van der Waals surface area contributed by atoms with Crippen LogP contribution >= 0.6 is 0 Å². The molecular formula is C24H44N2O2. The molecule has 0 unspecified atom stereocenters. The molecule has 1 saturated heterocycles. The fourth-order valence-electron chi connectivity index (χ4n) is 5.15. The second-order valence-corrected chi connectivity index (χ2v) is 9.79. The van der Waals surface area contributed by atoms with Crippen LogP contribution in [0.25, 0.3) is 0 Å². The van der Waals surface area contributed by atoms with Crippen LogP contribution in [0.3, 0.4) is 0 Å². The number of likely N-dealkylation sites (tertiary alicyclic amines) is 1. The van der Waals surface area contributed by atoms with Crippen molar-refractivity contribution in [3.63, 3.8) is 0 Å². The Hall–Kier alpha value is -0.740. The molecular weight excluding hydrogens is 348 g/mol. The predicted molar refractivity (Wildman–Crippen MR) is 117 cm³/mol. The molecule has 1 saturated carbocycles. The van der Waals surface area contributed by atoms with E-state index in [1.54, 1.807) is 0 Å². The first kappa shape index (κ1) is 23.5. The van der Waals surface area contributed by atoms with E-state index in [-0.39, 0.29) is 22.9 Å². The van der Waals surface area contributed by atoms with E-state index in [0.29, 0.717) is 12.8 Å². The van der Waals surface area contributed by atoms with Crippen LogP contribution in [-0.4, -0.2) is 61.6 Å². The van der Waals surface area contributed by atoms with Gasteiger partial charge in [0.2, 0.25) is 0 Å². The minimum absolute atomic E-state index is 0.0396. The quantitative estimate of drug-likeness (QED) is 0.336. The van der Waals surface area contributed by atoms with Gasteiger partial charge in [-0.05, 0) is 58.4 Å². The summed E-state index contributed by atoms with van der Waals surface area (Å²) in [5.41, 5.74) is -0.0396. The van der Waals surface area contributed by atoms with Gasteiger partial charge < -0.3 is 9.80 Å². The van der Waals surface area contributed by atoms with Gasteiger partial charge in [-0.1, -0.05) is 58.3 Å². The molecule has 0 atom stereocenters. The first-order chi connectivity index (χ1) is 13.5. The van der Waals surface area contributed by atoms with Gasteiger partial charge in [0.25, 0.3) is 0 Å². The molecule has 2 fully saturated rings. The van der Waals surface area contributed by atoms with Crippen LogP contribution in [0.1, 0.15) is 90.4 Å². The Morgan fingerprint density at radius 2 is 1.54 bits per heavy atom. The zero-order valence-electron chi connectivity index (χ0n) is 18.8. The Bertz CT molecular complexity index is 471. The van der Waals surface area contributed by atoms with Gasteiger partial charge in [0.1, 0.15) is 11.6 Å². The predicted octanol–water partition coefficient (Wildman–Crippen LogP) is 4.71. The number of unbranched alkanes of at least 4 members (excludes halogenated alkanes) is 7. The standard InChI is InChI=1S/C24H44N2O2/c1-4-5-6-7-8-9-10-11-13-21-22(27)18-24(19-23(21)28)14-17-26(20-24)16-12-15-25(2)3/h21H,4-20H2,1-3H3. The molecule has 28 heavy (non-hydrogen) atoms. The lowest BCUT2D eigenvalue weighted by Gasteiger charge is -2.35. The minimum atomic E-state index is -0.284. The van der Waals surface area contributed by atoms with E-state index in [0.717, 1.165) is 51.9 Å². The van der Waals surface area contributed by atoms with E-state index in [9.17, 15) is 9.59 Å². The Morgan fingerprint density at radius 1 is 0.929 bits per heavy atom. The monoisotopic (exact) mass is 392 g/mol. The highest BCUT2D eigenvalue weighted by Gasteiger charge is 2.47. The van der Waals surface area contributed by atoms with Gasteiger partial charge in [-0.25, -0.2) is 0 Å². The highest BCUT2D eigenvalue weighted by atomic mass is 16.2. The maximum atomic E-state index is 12.8. The number of hydrogen-bond donors (Lipinski definition) is 0. The summed E-state index contributed by atoms with van der Waals surface area (Å²) in [6, 6.07) is 0. The molecule has 4 heteroatoms. The number of hydrogen-bond acceptors (Lipinski definition) is 4. The normalized spacial score (nSPS) is 26.1. The van der Waals surface area contributed by atoms with Crippen molar-refractivity contribution in [2.45, 2.75) is 90.4 Å². The largest absolute Gasteiger partial charge is 0.309 e. The number of nitrogens with zero attached hydrogens (tertiary/aromatic N) is 2. The van der Waals surface area contributed by atoms with Gasteiger partial charge in [0, 0.05) is 19.4 Å². The Kier molecular flexibility index (Phi) is 10.1. The average Bonchev–Trinajstić information content (AvgIpc) is 3.00. The third kappa shape index (κ3) is 7.59. The lowest BCUT2D eigenvalue weighted by Crippen LogP contribution is -2.42. The summed E-state index contributed by atoms with van der Waals surface area (Å²) in [4.78, 5) is 30.2. The number of ketones is 2. The zero-order chi connectivity index (χ0) is 20.4. The van der Waals surface area contributed by atoms with Crippen molar-refractivity contribution in [2.75, 3.05) is 40.3 Å². The van der Waals surface area contributed by atoms with E-state index in [1.165, 1.54) is 44.9 Å². The van der Waals surface area contributed by atoms with Crippen LogP contribution in [0.4, 0.5) is 0 Å². The van der Waals surface area contributed by atoms with E-state index in [4.69, 9.17) is 0 Å². The lowest BCUT2D eigenvalue weighted by molar-refractivity contribution is -0.140. The number of rotatable bonds is 13. The fraction of sp³-hybridized carbons (Fsp3) is 0.917. The molecule has 1 aliphatic carbocycles. The zero-order valence-corrected chi connectivity index (χ0v) is 18.8. The summed E-state index contributed by atoms with van der Waals surface area (Å²) in [5, 5.41) is 0. The summed E-state index contributed by atoms with van der Waals surface area (Å²) in [6.07, 6.45) is 14.4. The molecule has 0 aromatic carbocycles. The van der Waals surface area contributed by atoms with Crippen molar-refractivity contribution < 1.29 is 9.59 Å². The molecule has 1 aliphatic heterocycles. The molecule has 0 radical (unpaired) electrons. The Morgan fingerprint density at radius 3 is 2.14 bits per heavy atom. The summed E-state index contributed by atoms with van der Waals surface area (Å²) in [6.45, 7) is 6.43. The molecule has 0 aromatic heterocycles. The van der Waals surface area contributed by atoms with Crippen LogP contribution in [0.2, 0.25) is 0 Å². The van der Waals surface area contributed by atoms with Gasteiger partial charge in [-0.15, -0.1) is 0 Å². The van der Waals surface area contributed by atoms with Crippen molar-refractivity contribution in [3.8, 4) is 0 Å². The second-order valence-electron chi connectivity index (χ2n) is 9.79. The van der Waals surface area contributed by atoms with E-state index in [2.05, 4.69) is 30.8 Å². The van der Waals surface area contributed by atoms with Gasteiger partial charge in [-0.2, -0.15) is 0 Å². The highest BCUT2D eigenvalue weighted by Crippen LogP contribution is 2.43. The molecule has 0 amide bonds. The summed E-state index contributed by atoms with van der Waals surface area (Å²) in [5.74, 6) is 0.206. The summed E-state index contributed by atoms with van der Waals surface area (Å²) >= 11 is 0. The van der Waals surface area contributed by atoms with Crippen LogP contribution in [0.15, 0.2) is 0 Å². The van der Waals surface area contributed by atoms with Crippen molar-refractivity contribution in [1.29, 1.82) is 0 Å². The molecule has 0 aromatic rings. The Labute approximate surface area is 173 Å². The molecule has 2 rings (SSSR count). The Balaban J connectivity index is 1.66. The topological polar surface area (TPSA) is 40.6 Å². The van der Waals surface area contributed by atoms with Gasteiger partial charge in [-0.3, -0.25) is 9.59 Å². The molecule has 0 N–H and O–H groups in total. The number of Topliss-reactive ketones (excluding diaryl/α,β-unsaturated/α-hetero) is 2. The first-order valence-electron chi connectivity index (χ1n) is 11.9. The molecule has 0 bridgehead atoms.